The highest BCUT2D eigenvalue weighted by atomic mass is 32.2. The summed E-state index contributed by atoms with van der Waals surface area (Å²) in [6, 6.07) is 17.5. The number of hydrogen-bond acceptors (Lipinski definition) is 4. The number of halogens is 1. The molecule has 0 bridgehead atoms. The highest BCUT2D eigenvalue weighted by Gasteiger charge is 2.03. The number of rotatable bonds is 5. The molecule has 0 aliphatic carbocycles. The molecule has 2 aromatic carbocycles. The van der Waals surface area contributed by atoms with Crippen molar-refractivity contribution >= 4 is 34.8 Å². The molecular formula is C18H14FN3OS. The molecule has 24 heavy (non-hydrogen) atoms. The molecular weight excluding hydrogens is 325 g/mol. The Bertz CT molecular complexity index is 881. The molecule has 0 saturated heterocycles. The normalized spacial score (nSPS) is 11.0. The summed E-state index contributed by atoms with van der Waals surface area (Å²) in [5.41, 5.74) is 4.05. The number of aromatic nitrogens is 1. The molecule has 1 amide bonds. The van der Waals surface area contributed by atoms with Gasteiger partial charge in [0.25, 0.3) is 0 Å². The lowest BCUT2D eigenvalue weighted by molar-refractivity contribution is -0.118. The predicted molar refractivity (Wildman–Crippen MR) is 94.6 cm³/mol. The van der Waals surface area contributed by atoms with Gasteiger partial charge < -0.3 is 0 Å². The van der Waals surface area contributed by atoms with Crippen LogP contribution < -0.4 is 5.43 Å². The van der Waals surface area contributed by atoms with E-state index in [1.807, 2.05) is 36.4 Å². The summed E-state index contributed by atoms with van der Waals surface area (Å²) < 4.78 is 12.8. The highest BCUT2D eigenvalue weighted by Crippen LogP contribution is 2.19. The molecule has 3 rings (SSSR count). The first-order valence-corrected chi connectivity index (χ1v) is 8.25. The molecule has 120 valence electrons. The van der Waals surface area contributed by atoms with Crippen molar-refractivity contribution in [3.05, 3.63) is 72.0 Å². The second-order valence-electron chi connectivity index (χ2n) is 4.98. The standard InChI is InChI=1S/C18H14FN3OS/c19-15-8-5-13(6-9-15)11-20-22-17(23)12-24-18-10-7-14-3-1-2-4-16(14)21-18/h1-11H,12H2,(H,22,23). The maximum Gasteiger partial charge on any atom is 0.250 e. The summed E-state index contributed by atoms with van der Waals surface area (Å²) in [6.07, 6.45) is 1.47. The van der Waals surface area contributed by atoms with E-state index in [-0.39, 0.29) is 17.5 Å². The third-order valence-electron chi connectivity index (χ3n) is 3.20. The number of fused-ring (bicyclic) bond motifs is 1. The van der Waals surface area contributed by atoms with Crippen molar-refractivity contribution in [1.29, 1.82) is 0 Å². The van der Waals surface area contributed by atoms with Crippen LogP contribution in [0.1, 0.15) is 5.56 Å². The second-order valence-corrected chi connectivity index (χ2v) is 5.97. The van der Waals surface area contributed by atoms with Crippen LogP contribution in [-0.4, -0.2) is 22.9 Å². The van der Waals surface area contributed by atoms with Crippen molar-refractivity contribution in [2.24, 2.45) is 5.10 Å². The number of hydrogen-bond donors (Lipinski definition) is 1. The number of carbonyl (C=O) groups is 1. The molecule has 0 aliphatic rings. The first kappa shape index (κ1) is 16.1. The maximum absolute atomic E-state index is 12.8. The van der Waals surface area contributed by atoms with Crippen molar-refractivity contribution in [1.82, 2.24) is 10.4 Å². The molecule has 3 aromatic rings. The van der Waals surface area contributed by atoms with Crippen molar-refractivity contribution in [2.45, 2.75) is 5.03 Å². The number of thioether (sulfide) groups is 1. The number of amides is 1. The molecule has 1 aromatic heterocycles. The van der Waals surface area contributed by atoms with Crippen LogP contribution in [0.5, 0.6) is 0 Å². The van der Waals surface area contributed by atoms with Gasteiger partial charge in [-0.1, -0.05) is 48.2 Å². The van der Waals surface area contributed by atoms with E-state index >= 15 is 0 Å². The summed E-state index contributed by atoms with van der Waals surface area (Å²) in [5, 5.41) is 5.70. The smallest absolute Gasteiger partial charge is 0.250 e. The number of pyridine rings is 1. The zero-order valence-electron chi connectivity index (χ0n) is 12.6. The van der Waals surface area contributed by atoms with E-state index in [2.05, 4.69) is 15.5 Å². The third kappa shape index (κ3) is 4.39. The van der Waals surface area contributed by atoms with Crippen LogP contribution in [0.25, 0.3) is 10.9 Å². The Labute approximate surface area is 142 Å². The summed E-state index contributed by atoms with van der Waals surface area (Å²) in [5.74, 6) is -0.324. The van der Waals surface area contributed by atoms with Crippen LogP contribution in [0.2, 0.25) is 0 Å². The zero-order valence-corrected chi connectivity index (χ0v) is 13.5. The van der Waals surface area contributed by atoms with Crippen LogP contribution in [0.3, 0.4) is 0 Å². The van der Waals surface area contributed by atoms with Gasteiger partial charge in [-0.15, -0.1) is 0 Å². The van der Waals surface area contributed by atoms with Crippen molar-refractivity contribution in [2.75, 3.05) is 5.75 Å². The predicted octanol–water partition coefficient (Wildman–Crippen LogP) is 3.62. The summed E-state index contributed by atoms with van der Waals surface area (Å²) in [6.45, 7) is 0. The summed E-state index contributed by atoms with van der Waals surface area (Å²) >= 11 is 1.34. The number of para-hydroxylation sites is 1. The van der Waals surface area contributed by atoms with Gasteiger partial charge in [-0.2, -0.15) is 5.10 Å². The minimum atomic E-state index is -0.310. The average Bonchev–Trinajstić information content (AvgIpc) is 2.61. The lowest BCUT2D eigenvalue weighted by Gasteiger charge is -2.02. The second kappa shape index (κ2) is 7.70. The van der Waals surface area contributed by atoms with E-state index in [4.69, 9.17) is 0 Å². The van der Waals surface area contributed by atoms with E-state index in [1.165, 1.54) is 30.1 Å². The Morgan fingerprint density at radius 3 is 2.75 bits per heavy atom. The zero-order chi connectivity index (χ0) is 16.8. The van der Waals surface area contributed by atoms with Crippen molar-refractivity contribution < 1.29 is 9.18 Å². The third-order valence-corrected chi connectivity index (χ3v) is 4.13. The van der Waals surface area contributed by atoms with E-state index < -0.39 is 0 Å². The van der Waals surface area contributed by atoms with Crippen LogP contribution in [-0.2, 0) is 4.79 Å². The Morgan fingerprint density at radius 1 is 1.12 bits per heavy atom. The number of hydrazone groups is 1. The summed E-state index contributed by atoms with van der Waals surface area (Å²) in [4.78, 5) is 16.3. The van der Waals surface area contributed by atoms with Gasteiger partial charge in [0.15, 0.2) is 0 Å². The van der Waals surface area contributed by atoms with E-state index in [9.17, 15) is 9.18 Å². The Morgan fingerprint density at radius 2 is 1.92 bits per heavy atom. The van der Waals surface area contributed by atoms with Gasteiger partial charge >= 0.3 is 0 Å². The molecule has 4 nitrogen and oxygen atoms in total. The van der Waals surface area contributed by atoms with Gasteiger partial charge in [-0.25, -0.2) is 14.8 Å². The molecule has 0 unspecified atom stereocenters. The quantitative estimate of drug-likeness (QED) is 0.439. The molecule has 0 saturated carbocycles. The van der Waals surface area contributed by atoms with Crippen LogP contribution >= 0.6 is 11.8 Å². The maximum atomic E-state index is 12.8. The van der Waals surface area contributed by atoms with Gasteiger partial charge in [0.1, 0.15) is 5.82 Å². The fourth-order valence-corrected chi connectivity index (χ4v) is 2.70. The molecule has 0 aliphatic heterocycles. The number of nitrogens with one attached hydrogen (secondary N) is 1. The number of carbonyl (C=O) groups excluding carboxylic acids is 1. The highest BCUT2D eigenvalue weighted by molar-refractivity contribution is 7.99. The molecule has 0 spiro atoms. The minimum absolute atomic E-state index is 0.214. The molecule has 0 radical (unpaired) electrons. The van der Waals surface area contributed by atoms with Gasteiger partial charge in [0, 0.05) is 5.39 Å². The minimum Gasteiger partial charge on any atom is -0.272 e. The van der Waals surface area contributed by atoms with Gasteiger partial charge in [0.2, 0.25) is 5.91 Å². The van der Waals surface area contributed by atoms with E-state index in [1.54, 1.807) is 12.1 Å². The van der Waals surface area contributed by atoms with E-state index in [0.717, 1.165) is 15.9 Å². The fourth-order valence-electron chi connectivity index (χ4n) is 2.03. The lowest BCUT2D eigenvalue weighted by atomic mass is 10.2. The monoisotopic (exact) mass is 339 g/mol. The Balaban J connectivity index is 1.52. The molecule has 0 atom stereocenters. The topological polar surface area (TPSA) is 54.4 Å². The van der Waals surface area contributed by atoms with Crippen molar-refractivity contribution in [3.8, 4) is 0 Å². The molecule has 0 fully saturated rings. The molecule has 1 heterocycles. The Kier molecular flexibility index (Phi) is 5.18. The van der Waals surface area contributed by atoms with Crippen LogP contribution in [0.15, 0.2) is 70.8 Å². The fraction of sp³-hybridized carbons (Fsp3) is 0.0556. The SMILES string of the molecule is O=C(CSc1ccc2ccccc2n1)NN=Cc1ccc(F)cc1. The molecule has 6 heteroatoms. The van der Waals surface area contributed by atoms with E-state index in [0.29, 0.717) is 5.56 Å². The number of benzene rings is 2. The van der Waals surface area contributed by atoms with Gasteiger partial charge in [-0.3, -0.25) is 4.79 Å². The van der Waals surface area contributed by atoms with Crippen molar-refractivity contribution in [3.63, 3.8) is 0 Å². The van der Waals surface area contributed by atoms with Crippen LogP contribution in [0, 0.1) is 5.82 Å². The summed E-state index contributed by atoms with van der Waals surface area (Å²) in [7, 11) is 0. The first-order chi connectivity index (χ1) is 11.7. The molecule has 1 N–H and O–H groups in total. The average molecular weight is 339 g/mol. The van der Waals surface area contributed by atoms with Gasteiger partial charge in [0.05, 0.1) is 22.5 Å². The number of nitrogens with zero attached hydrogens (tertiary/aromatic N) is 2. The lowest BCUT2D eigenvalue weighted by Crippen LogP contribution is -2.19. The first-order valence-electron chi connectivity index (χ1n) is 7.27. The Hall–Kier alpha value is -2.73. The largest absolute Gasteiger partial charge is 0.272 e. The van der Waals surface area contributed by atoms with Gasteiger partial charge in [-0.05, 0) is 29.8 Å². The van der Waals surface area contributed by atoms with Crippen LogP contribution in [0.4, 0.5) is 4.39 Å².